The molecule has 0 saturated heterocycles. The summed E-state index contributed by atoms with van der Waals surface area (Å²) in [5, 5.41) is 13.6. The summed E-state index contributed by atoms with van der Waals surface area (Å²) in [6, 6.07) is 3.50. The highest BCUT2D eigenvalue weighted by molar-refractivity contribution is 7.90. The van der Waals surface area contributed by atoms with Crippen LogP contribution in [0.3, 0.4) is 0 Å². The standard InChI is InChI=1S/C11H15N3O5S/c1-13(2)11(15)7-12-9-5-4-8(20(3,18)19)6-10(9)14(16)17/h4-6,12H,7H2,1-3H3. The summed E-state index contributed by atoms with van der Waals surface area (Å²) in [7, 11) is -0.406. The molecule has 0 heterocycles. The van der Waals surface area contributed by atoms with Crippen molar-refractivity contribution in [1.82, 2.24) is 4.90 Å². The zero-order valence-corrected chi connectivity index (χ0v) is 12.1. The first-order valence-corrected chi connectivity index (χ1v) is 7.44. The third-order valence-corrected chi connectivity index (χ3v) is 3.63. The maximum atomic E-state index is 11.4. The number of hydrogen-bond donors (Lipinski definition) is 1. The number of benzene rings is 1. The lowest BCUT2D eigenvalue weighted by Crippen LogP contribution is -2.28. The molecular formula is C11H15N3O5S. The van der Waals surface area contributed by atoms with Gasteiger partial charge in [0.15, 0.2) is 9.84 Å². The molecule has 110 valence electrons. The van der Waals surface area contributed by atoms with Crippen LogP contribution in [0.5, 0.6) is 0 Å². The van der Waals surface area contributed by atoms with Crippen LogP contribution in [0.2, 0.25) is 0 Å². The molecule has 0 aliphatic carbocycles. The molecule has 0 radical (unpaired) electrons. The Balaban J connectivity index is 3.09. The molecule has 0 spiro atoms. The second-order valence-electron chi connectivity index (χ2n) is 4.35. The monoisotopic (exact) mass is 301 g/mol. The molecule has 1 amide bonds. The zero-order valence-electron chi connectivity index (χ0n) is 11.3. The van der Waals surface area contributed by atoms with Gasteiger partial charge < -0.3 is 10.2 Å². The van der Waals surface area contributed by atoms with E-state index in [1.54, 1.807) is 14.1 Å². The lowest BCUT2D eigenvalue weighted by atomic mass is 10.2. The normalized spacial score (nSPS) is 10.9. The molecule has 0 atom stereocenters. The van der Waals surface area contributed by atoms with Gasteiger partial charge in [-0.2, -0.15) is 0 Å². The van der Waals surface area contributed by atoms with Crippen LogP contribution >= 0.6 is 0 Å². The molecule has 0 saturated carbocycles. The first-order valence-electron chi connectivity index (χ1n) is 5.55. The van der Waals surface area contributed by atoms with Crippen molar-refractivity contribution in [2.75, 3.05) is 32.2 Å². The van der Waals surface area contributed by atoms with Gasteiger partial charge in [0.05, 0.1) is 16.4 Å². The van der Waals surface area contributed by atoms with Crippen molar-refractivity contribution in [1.29, 1.82) is 0 Å². The summed E-state index contributed by atoms with van der Waals surface area (Å²) < 4.78 is 22.7. The highest BCUT2D eigenvalue weighted by Gasteiger charge is 2.19. The molecule has 0 bridgehead atoms. The van der Waals surface area contributed by atoms with E-state index in [0.717, 1.165) is 12.3 Å². The lowest BCUT2D eigenvalue weighted by molar-refractivity contribution is -0.384. The van der Waals surface area contributed by atoms with Gasteiger partial charge in [-0.15, -0.1) is 0 Å². The van der Waals surface area contributed by atoms with Crippen molar-refractivity contribution in [2.24, 2.45) is 0 Å². The van der Waals surface area contributed by atoms with E-state index >= 15 is 0 Å². The SMILES string of the molecule is CN(C)C(=O)CNc1ccc(S(C)(=O)=O)cc1[N+](=O)[O-]. The van der Waals surface area contributed by atoms with Crippen molar-refractivity contribution in [3.05, 3.63) is 28.3 Å². The fourth-order valence-electron chi connectivity index (χ4n) is 1.37. The molecule has 8 nitrogen and oxygen atoms in total. The van der Waals surface area contributed by atoms with Crippen LogP contribution in [-0.4, -0.2) is 51.0 Å². The summed E-state index contributed by atoms with van der Waals surface area (Å²) in [6.07, 6.45) is 0.967. The van der Waals surface area contributed by atoms with Crippen LogP contribution in [0, 0.1) is 10.1 Å². The fourth-order valence-corrected chi connectivity index (χ4v) is 2.01. The topological polar surface area (TPSA) is 110 Å². The van der Waals surface area contributed by atoms with Crippen molar-refractivity contribution >= 4 is 27.1 Å². The van der Waals surface area contributed by atoms with Crippen LogP contribution in [-0.2, 0) is 14.6 Å². The Hall–Kier alpha value is -2.16. The molecule has 1 N–H and O–H groups in total. The predicted octanol–water partition coefficient (Wildman–Crippen LogP) is 0.498. The number of amides is 1. The number of nitrogens with one attached hydrogen (secondary N) is 1. The Kier molecular flexibility index (Phi) is 4.66. The largest absolute Gasteiger partial charge is 0.371 e. The minimum atomic E-state index is -3.53. The summed E-state index contributed by atoms with van der Waals surface area (Å²) in [5.41, 5.74) is -0.294. The van der Waals surface area contributed by atoms with Crippen molar-refractivity contribution in [3.63, 3.8) is 0 Å². The maximum Gasteiger partial charge on any atom is 0.293 e. The van der Waals surface area contributed by atoms with Crippen LogP contribution in [0.25, 0.3) is 0 Å². The Bertz CT molecular complexity index is 639. The summed E-state index contributed by atoms with van der Waals surface area (Å²) >= 11 is 0. The summed E-state index contributed by atoms with van der Waals surface area (Å²) in [6.45, 7) is -0.119. The van der Waals surface area contributed by atoms with E-state index in [2.05, 4.69) is 5.32 Å². The molecular weight excluding hydrogens is 286 g/mol. The second kappa shape index (κ2) is 5.87. The number of nitrogens with zero attached hydrogens (tertiary/aromatic N) is 2. The molecule has 0 aliphatic rings. The minimum Gasteiger partial charge on any atom is -0.371 e. The third kappa shape index (κ3) is 3.92. The average molecular weight is 301 g/mol. The number of sulfone groups is 1. The molecule has 0 aliphatic heterocycles. The molecule has 1 aromatic carbocycles. The second-order valence-corrected chi connectivity index (χ2v) is 6.37. The van der Waals surface area contributed by atoms with Gasteiger partial charge in [0, 0.05) is 26.4 Å². The van der Waals surface area contributed by atoms with Gasteiger partial charge >= 0.3 is 0 Å². The molecule has 1 aromatic rings. The highest BCUT2D eigenvalue weighted by atomic mass is 32.2. The van der Waals surface area contributed by atoms with Gasteiger partial charge in [0.1, 0.15) is 5.69 Å². The minimum absolute atomic E-state index is 0.0950. The Morgan fingerprint density at radius 3 is 2.45 bits per heavy atom. The van der Waals surface area contributed by atoms with Crippen molar-refractivity contribution in [2.45, 2.75) is 4.90 Å². The molecule has 0 fully saturated rings. The van der Waals surface area contributed by atoms with Crippen LogP contribution in [0.15, 0.2) is 23.1 Å². The van der Waals surface area contributed by atoms with E-state index in [4.69, 9.17) is 0 Å². The quantitative estimate of drug-likeness (QED) is 0.626. The van der Waals surface area contributed by atoms with E-state index < -0.39 is 14.8 Å². The van der Waals surface area contributed by atoms with Crippen molar-refractivity contribution in [3.8, 4) is 0 Å². The lowest BCUT2D eigenvalue weighted by Gasteiger charge is -2.12. The van der Waals surface area contributed by atoms with Crippen LogP contribution in [0.4, 0.5) is 11.4 Å². The van der Waals surface area contributed by atoms with E-state index in [0.29, 0.717) is 0 Å². The van der Waals surface area contributed by atoms with Gasteiger partial charge in [-0.1, -0.05) is 0 Å². The fraction of sp³-hybridized carbons (Fsp3) is 0.364. The maximum absolute atomic E-state index is 11.4. The molecule has 20 heavy (non-hydrogen) atoms. The van der Waals surface area contributed by atoms with E-state index in [9.17, 15) is 23.3 Å². The summed E-state index contributed by atoms with van der Waals surface area (Å²) in [4.78, 5) is 22.9. The van der Waals surface area contributed by atoms with Gasteiger partial charge in [-0.3, -0.25) is 14.9 Å². The number of nitro benzene ring substituents is 1. The van der Waals surface area contributed by atoms with Crippen LogP contribution in [0.1, 0.15) is 0 Å². The Morgan fingerprint density at radius 2 is 2.00 bits per heavy atom. The average Bonchev–Trinajstić information content (AvgIpc) is 2.34. The smallest absolute Gasteiger partial charge is 0.293 e. The van der Waals surface area contributed by atoms with Gasteiger partial charge in [0.25, 0.3) is 5.69 Å². The number of carbonyl (C=O) groups is 1. The van der Waals surface area contributed by atoms with Gasteiger partial charge in [-0.05, 0) is 12.1 Å². The number of nitro groups is 1. The van der Waals surface area contributed by atoms with E-state index in [1.165, 1.54) is 17.0 Å². The van der Waals surface area contributed by atoms with Crippen molar-refractivity contribution < 1.29 is 18.1 Å². The summed E-state index contributed by atoms with van der Waals surface area (Å²) in [5.74, 6) is -0.258. The molecule has 0 aromatic heterocycles. The Labute approximate surface area is 116 Å². The molecule has 9 heteroatoms. The molecule has 1 rings (SSSR count). The third-order valence-electron chi connectivity index (χ3n) is 2.52. The number of anilines is 1. The number of hydrogen-bond acceptors (Lipinski definition) is 6. The van der Waals surface area contributed by atoms with E-state index in [1.807, 2.05) is 0 Å². The highest BCUT2D eigenvalue weighted by Crippen LogP contribution is 2.27. The van der Waals surface area contributed by atoms with E-state index in [-0.39, 0.29) is 28.7 Å². The van der Waals surface area contributed by atoms with Crippen LogP contribution < -0.4 is 5.32 Å². The van der Waals surface area contributed by atoms with Gasteiger partial charge in [-0.25, -0.2) is 8.42 Å². The number of rotatable bonds is 5. The zero-order chi connectivity index (χ0) is 15.5. The number of likely N-dealkylation sites (N-methyl/N-ethyl adjacent to an activating group) is 1. The molecule has 0 unspecified atom stereocenters. The van der Waals surface area contributed by atoms with Gasteiger partial charge in [0.2, 0.25) is 5.91 Å². The first-order chi connectivity index (χ1) is 9.12. The number of carbonyl (C=O) groups excluding carboxylic acids is 1. The Morgan fingerprint density at radius 1 is 1.40 bits per heavy atom. The predicted molar refractivity (Wildman–Crippen MR) is 73.4 cm³/mol. The first kappa shape index (κ1) is 15.9.